The van der Waals surface area contributed by atoms with Crippen LogP contribution in [0.25, 0.3) is 0 Å². The molecule has 0 heterocycles. The van der Waals surface area contributed by atoms with Crippen LogP contribution in [0.5, 0.6) is 0 Å². The molecule has 0 atom stereocenters. The average Bonchev–Trinajstić information content (AvgIpc) is 2.37. The lowest BCUT2D eigenvalue weighted by Gasteiger charge is -2.03. The number of aryl methyl sites for hydroxylation is 3. The minimum atomic E-state index is 1.09. The second kappa shape index (κ2) is 7.00. The van der Waals surface area contributed by atoms with Crippen molar-refractivity contribution in [2.45, 2.75) is 40.5 Å². The Morgan fingerprint density at radius 2 is 1.83 bits per heavy atom. The maximum absolute atomic E-state index is 3.78. The Morgan fingerprint density at radius 1 is 1.11 bits per heavy atom. The van der Waals surface area contributed by atoms with Gasteiger partial charge in [0, 0.05) is 0 Å². The predicted molar refractivity (Wildman–Crippen MR) is 81.9 cm³/mol. The van der Waals surface area contributed by atoms with E-state index in [1.807, 2.05) is 6.08 Å². The minimum Gasteiger partial charge on any atom is -0.0988 e. The lowest BCUT2D eigenvalue weighted by molar-refractivity contribution is 0.994. The minimum absolute atomic E-state index is 1.09. The van der Waals surface area contributed by atoms with Gasteiger partial charge in [-0.25, -0.2) is 0 Å². The molecular weight excluding hydrogens is 216 g/mol. The number of rotatable bonds is 5. The monoisotopic (exact) mass is 240 g/mol. The standard InChI is InChI=1S/C18H24/c1-6-14(2)15(3)9-7-8-10-18-12-11-16(4)17(5)13-18/h6-7,9,11-13H,1,8,10H2,2-5H3/b9-7-,15-14-. The van der Waals surface area contributed by atoms with Crippen molar-refractivity contribution in [2.24, 2.45) is 0 Å². The molecule has 0 aromatic heterocycles. The molecule has 96 valence electrons. The molecule has 0 unspecified atom stereocenters. The average molecular weight is 240 g/mol. The summed E-state index contributed by atoms with van der Waals surface area (Å²) in [6, 6.07) is 6.73. The van der Waals surface area contributed by atoms with Crippen molar-refractivity contribution in [3.8, 4) is 0 Å². The van der Waals surface area contributed by atoms with Crippen LogP contribution in [0.15, 0.2) is 54.2 Å². The van der Waals surface area contributed by atoms with Gasteiger partial charge in [-0.05, 0) is 68.4 Å². The lowest BCUT2D eigenvalue weighted by Crippen LogP contribution is -1.87. The Bertz CT molecular complexity index is 473. The maximum Gasteiger partial charge on any atom is -0.0244 e. The summed E-state index contributed by atoms with van der Waals surface area (Å²) in [6.07, 6.45) is 8.54. The molecule has 0 spiro atoms. The SMILES string of the molecule is C=C/C(C)=C(C)\C=C/CCc1ccc(C)c(C)c1. The smallest absolute Gasteiger partial charge is 0.0244 e. The molecule has 1 rings (SSSR count). The van der Waals surface area contributed by atoms with Crippen molar-refractivity contribution in [2.75, 3.05) is 0 Å². The summed E-state index contributed by atoms with van der Waals surface area (Å²) in [7, 11) is 0. The van der Waals surface area contributed by atoms with E-state index < -0.39 is 0 Å². The molecule has 0 aliphatic heterocycles. The van der Waals surface area contributed by atoms with Crippen molar-refractivity contribution in [1.29, 1.82) is 0 Å². The highest BCUT2D eigenvalue weighted by molar-refractivity contribution is 5.31. The third-order valence-corrected chi connectivity index (χ3v) is 3.47. The molecule has 0 heteroatoms. The molecule has 0 N–H and O–H groups in total. The molecule has 0 amide bonds. The van der Waals surface area contributed by atoms with Gasteiger partial charge in [0.05, 0.1) is 0 Å². The van der Waals surface area contributed by atoms with Crippen molar-refractivity contribution in [1.82, 2.24) is 0 Å². The van der Waals surface area contributed by atoms with E-state index in [0.717, 1.165) is 12.8 Å². The molecule has 1 aromatic rings. The maximum atomic E-state index is 3.78. The highest BCUT2D eigenvalue weighted by Gasteiger charge is 1.95. The summed E-state index contributed by atoms with van der Waals surface area (Å²) < 4.78 is 0. The van der Waals surface area contributed by atoms with Crippen LogP contribution in [0.1, 0.15) is 37.0 Å². The van der Waals surface area contributed by atoms with Gasteiger partial charge in [-0.15, -0.1) is 0 Å². The van der Waals surface area contributed by atoms with E-state index in [4.69, 9.17) is 0 Å². The van der Waals surface area contributed by atoms with E-state index in [2.05, 4.69) is 64.6 Å². The van der Waals surface area contributed by atoms with E-state index in [0.29, 0.717) is 0 Å². The molecular formula is C18H24. The molecule has 0 nitrogen and oxygen atoms in total. The first kappa shape index (κ1) is 14.5. The summed E-state index contributed by atoms with van der Waals surface area (Å²) in [5, 5.41) is 0. The Kier molecular flexibility index (Phi) is 5.64. The van der Waals surface area contributed by atoms with Crippen LogP contribution < -0.4 is 0 Å². The molecule has 0 saturated heterocycles. The van der Waals surface area contributed by atoms with Gasteiger partial charge in [0.25, 0.3) is 0 Å². The van der Waals surface area contributed by atoms with Crippen LogP contribution in [0.3, 0.4) is 0 Å². The van der Waals surface area contributed by atoms with E-state index in [9.17, 15) is 0 Å². The third kappa shape index (κ3) is 4.37. The van der Waals surface area contributed by atoms with Gasteiger partial charge >= 0.3 is 0 Å². The van der Waals surface area contributed by atoms with Crippen LogP contribution in [0.4, 0.5) is 0 Å². The summed E-state index contributed by atoms with van der Waals surface area (Å²) in [5.41, 5.74) is 6.72. The van der Waals surface area contributed by atoms with Crippen LogP contribution in [0, 0.1) is 13.8 Å². The van der Waals surface area contributed by atoms with E-state index in [1.165, 1.54) is 27.8 Å². The van der Waals surface area contributed by atoms with Gasteiger partial charge in [0.2, 0.25) is 0 Å². The Hall–Kier alpha value is -1.56. The summed E-state index contributed by atoms with van der Waals surface area (Å²) >= 11 is 0. The second-order valence-electron chi connectivity index (χ2n) is 4.93. The number of allylic oxidation sites excluding steroid dienone is 5. The van der Waals surface area contributed by atoms with Gasteiger partial charge in [0.15, 0.2) is 0 Å². The van der Waals surface area contributed by atoms with Crippen molar-refractivity contribution >= 4 is 0 Å². The lowest BCUT2D eigenvalue weighted by atomic mass is 10.0. The number of hydrogen-bond acceptors (Lipinski definition) is 0. The van der Waals surface area contributed by atoms with E-state index in [-0.39, 0.29) is 0 Å². The van der Waals surface area contributed by atoms with Crippen molar-refractivity contribution in [3.63, 3.8) is 0 Å². The fourth-order valence-corrected chi connectivity index (χ4v) is 1.76. The van der Waals surface area contributed by atoms with Crippen LogP contribution in [-0.4, -0.2) is 0 Å². The quantitative estimate of drug-likeness (QED) is 0.611. The van der Waals surface area contributed by atoms with Gasteiger partial charge in [-0.2, -0.15) is 0 Å². The fraction of sp³-hybridized carbons (Fsp3) is 0.333. The molecule has 1 aromatic carbocycles. The van der Waals surface area contributed by atoms with E-state index in [1.54, 1.807) is 0 Å². The first-order chi connectivity index (χ1) is 8.54. The molecule has 0 aliphatic rings. The zero-order valence-corrected chi connectivity index (χ0v) is 12.1. The molecule has 18 heavy (non-hydrogen) atoms. The Morgan fingerprint density at radius 3 is 2.44 bits per heavy atom. The summed E-state index contributed by atoms with van der Waals surface area (Å²) in [5.74, 6) is 0. The van der Waals surface area contributed by atoms with Crippen molar-refractivity contribution < 1.29 is 0 Å². The molecule has 0 fully saturated rings. The first-order valence-electron chi connectivity index (χ1n) is 6.57. The van der Waals surface area contributed by atoms with Crippen molar-refractivity contribution in [3.05, 3.63) is 70.8 Å². The summed E-state index contributed by atoms with van der Waals surface area (Å²) in [4.78, 5) is 0. The van der Waals surface area contributed by atoms with Gasteiger partial charge in [0.1, 0.15) is 0 Å². The van der Waals surface area contributed by atoms with Crippen LogP contribution in [-0.2, 0) is 6.42 Å². The van der Waals surface area contributed by atoms with Gasteiger partial charge in [-0.3, -0.25) is 0 Å². The molecule has 0 saturated carbocycles. The van der Waals surface area contributed by atoms with Crippen LogP contribution >= 0.6 is 0 Å². The normalized spacial score (nSPS) is 12.7. The third-order valence-electron chi connectivity index (χ3n) is 3.47. The Balaban J connectivity index is 2.54. The van der Waals surface area contributed by atoms with Crippen LogP contribution in [0.2, 0.25) is 0 Å². The topological polar surface area (TPSA) is 0 Å². The van der Waals surface area contributed by atoms with E-state index >= 15 is 0 Å². The predicted octanol–water partition coefficient (Wildman–Crippen LogP) is 5.31. The molecule has 0 bridgehead atoms. The van der Waals surface area contributed by atoms with Gasteiger partial charge in [-0.1, -0.05) is 43.0 Å². The molecule has 0 radical (unpaired) electrons. The highest BCUT2D eigenvalue weighted by atomic mass is 14.0. The first-order valence-corrected chi connectivity index (χ1v) is 6.57. The highest BCUT2D eigenvalue weighted by Crippen LogP contribution is 2.12. The summed E-state index contributed by atoms with van der Waals surface area (Å²) in [6.45, 7) is 12.3. The zero-order valence-electron chi connectivity index (χ0n) is 12.1. The van der Waals surface area contributed by atoms with Gasteiger partial charge < -0.3 is 0 Å². The number of hydrogen-bond donors (Lipinski definition) is 0. The zero-order chi connectivity index (χ0) is 13.5. The largest absolute Gasteiger partial charge is 0.0988 e. The number of benzene rings is 1. The Labute approximate surface area is 112 Å². The fourth-order valence-electron chi connectivity index (χ4n) is 1.76. The second-order valence-corrected chi connectivity index (χ2v) is 4.93. The molecule has 0 aliphatic carbocycles.